The molecule has 2 aromatic carbocycles. The summed E-state index contributed by atoms with van der Waals surface area (Å²) in [7, 11) is 3.38. The third kappa shape index (κ3) is 8.32. The molecule has 2 N–H and O–H groups in total. The standard InChI is InChI=1S/C24H29FN4O3.HI/c1-17-4-5-19(22(14-17)31-13-12-30-3)15-28-24(26-2)27-11-10-21-16-32-23(29-21)18-6-8-20(25)9-7-18;/h4-9,14,16H,10-13,15H2,1-3H3,(H2,26,27,28);1H. The predicted molar refractivity (Wildman–Crippen MR) is 138 cm³/mol. The highest BCUT2D eigenvalue weighted by Crippen LogP contribution is 2.21. The molecular formula is C24H30FIN4O3. The first-order valence-electron chi connectivity index (χ1n) is 10.4. The zero-order chi connectivity index (χ0) is 22.8. The van der Waals surface area contributed by atoms with Gasteiger partial charge >= 0.3 is 0 Å². The normalized spacial score (nSPS) is 11.1. The third-order valence-electron chi connectivity index (χ3n) is 4.75. The van der Waals surface area contributed by atoms with Crippen molar-refractivity contribution in [3.05, 3.63) is 71.4 Å². The molecule has 0 spiro atoms. The highest BCUT2D eigenvalue weighted by molar-refractivity contribution is 14.0. The van der Waals surface area contributed by atoms with Gasteiger partial charge in [0.15, 0.2) is 5.96 Å². The molecule has 9 heteroatoms. The average molecular weight is 568 g/mol. The third-order valence-corrected chi connectivity index (χ3v) is 4.75. The second kappa shape index (κ2) is 13.8. The number of oxazole rings is 1. The van der Waals surface area contributed by atoms with Crippen LogP contribution in [0.4, 0.5) is 4.39 Å². The molecule has 0 fully saturated rings. The number of aliphatic imine (C=N–C) groups is 1. The number of benzene rings is 2. The molecule has 0 aliphatic heterocycles. The second-order valence-electron chi connectivity index (χ2n) is 7.21. The average Bonchev–Trinajstić information content (AvgIpc) is 3.26. The zero-order valence-corrected chi connectivity index (χ0v) is 21.4. The van der Waals surface area contributed by atoms with Gasteiger partial charge in [0.05, 0.1) is 12.3 Å². The van der Waals surface area contributed by atoms with Crippen molar-refractivity contribution < 1.29 is 18.3 Å². The molecule has 0 saturated carbocycles. The second-order valence-corrected chi connectivity index (χ2v) is 7.21. The van der Waals surface area contributed by atoms with E-state index in [0.717, 1.165) is 28.1 Å². The van der Waals surface area contributed by atoms with Crippen LogP contribution in [0.15, 0.2) is 58.1 Å². The lowest BCUT2D eigenvalue weighted by Gasteiger charge is -2.15. The Morgan fingerprint density at radius 2 is 1.91 bits per heavy atom. The van der Waals surface area contributed by atoms with E-state index in [9.17, 15) is 4.39 Å². The Balaban J connectivity index is 0.00000385. The van der Waals surface area contributed by atoms with Crippen molar-refractivity contribution in [1.29, 1.82) is 0 Å². The molecule has 7 nitrogen and oxygen atoms in total. The smallest absolute Gasteiger partial charge is 0.226 e. The van der Waals surface area contributed by atoms with Crippen molar-refractivity contribution in [2.75, 3.05) is 33.9 Å². The maximum Gasteiger partial charge on any atom is 0.226 e. The van der Waals surface area contributed by atoms with Crippen LogP contribution in [0, 0.1) is 12.7 Å². The summed E-state index contributed by atoms with van der Waals surface area (Å²) >= 11 is 0. The van der Waals surface area contributed by atoms with Crippen molar-refractivity contribution in [3.63, 3.8) is 0 Å². The van der Waals surface area contributed by atoms with Gasteiger partial charge in [0.25, 0.3) is 0 Å². The number of nitrogens with zero attached hydrogens (tertiary/aromatic N) is 2. The van der Waals surface area contributed by atoms with Crippen LogP contribution in [0.5, 0.6) is 5.75 Å². The van der Waals surface area contributed by atoms with Gasteiger partial charge in [0.2, 0.25) is 5.89 Å². The number of halogens is 2. The largest absolute Gasteiger partial charge is 0.491 e. The van der Waals surface area contributed by atoms with Crippen molar-refractivity contribution in [3.8, 4) is 17.2 Å². The van der Waals surface area contributed by atoms with Crippen molar-refractivity contribution >= 4 is 29.9 Å². The number of hydrogen-bond donors (Lipinski definition) is 2. The van der Waals surface area contributed by atoms with Gasteiger partial charge in [-0.15, -0.1) is 24.0 Å². The van der Waals surface area contributed by atoms with Crippen molar-refractivity contribution in [1.82, 2.24) is 15.6 Å². The predicted octanol–water partition coefficient (Wildman–Crippen LogP) is 4.34. The summed E-state index contributed by atoms with van der Waals surface area (Å²) in [6, 6.07) is 12.2. The van der Waals surface area contributed by atoms with E-state index >= 15 is 0 Å². The Bertz CT molecular complexity index is 1020. The lowest BCUT2D eigenvalue weighted by Crippen LogP contribution is -2.38. The van der Waals surface area contributed by atoms with Crippen LogP contribution in [0.3, 0.4) is 0 Å². The number of guanidine groups is 1. The Hall–Kier alpha value is -2.66. The quantitative estimate of drug-likeness (QED) is 0.164. The maximum absolute atomic E-state index is 13.1. The molecule has 0 amide bonds. The van der Waals surface area contributed by atoms with Crippen LogP contribution >= 0.6 is 24.0 Å². The van der Waals surface area contributed by atoms with Crippen LogP contribution in [-0.2, 0) is 17.7 Å². The Labute approximate surface area is 210 Å². The molecule has 33 heavy (non-hydrogen) atoms. The minimum absolute atomic E-state index is 0. The van der Waals surface area contributed by atoms with Crippen LogP contribution in [0.2, 0.25) is 0 Å². The van der Waals surface area contributed by atoms with E-state index in [1.165, 1.54) is 12.1 Å². The molecule has 0 atom stereocenters. The van der Waals surface area contributed by atoms with Gasteiger partial charge in [-0.2, -0.15) is 0 Å². The van der Waals surface area contributed by atoms with Gasteiger partial charge in [-0.1, -0.05) is 12.1 Å². The van der Waals surface area contributed by atoms with Crippen LogP contribution in [0.1, 0.15) is 16.8 Å². The zero-order valence-electron chi connectivity index (χ0n) is 19.1. The molecule has 3 aromatic rings. The van der Waals surface area contributed by atoms with E-state index in [2.05, 4.69) is 26.7 Å². The first kappa shape index (κ1) is 26.6. The lowest BCUT2D eigenvalue weighted by atomic mass is 10.1. The summed E-state index contributed by atoms with van der Waals surface area (Å²) in [4.78, 5) is 8.74. The van der Waals surface area contributed by atoms with E-state index in [1.807, 2.05) is 19.1 Å². The Morgan fingerprint density at radius 1 is 1.12 bits per heavy atom. The van der Waals surface area contributed by atoms with E-state index in [0.29, 0.717) is 44.6 Å². The van der Waals surface area contributed by atoms with Crippen molar-refractivity contribution in [2.45, 2.75) is 19.9 Å². The molecule has 1 aromatic heterocycles. The number of ether oxygens (including phenoxy) is 2. The maximum atomic E-state index is 13.1. The first-order valence-corrected chi connectivity index (χ1v) is 10.4. The molecule has 0 aliphatic carbocycles. The molecule has 178 valence electrons. The number of hydrogen-bond acceptors (Lipinski definition) is 5. The molecule has 0 radical (unpaired) electrons. The van der Waals surface area contributed by atoms with Crippen LogP contribution in [0.25, 0.3) is 11.5 Å². The summed E-state index contributed by atoms with van der Waals surface area (Å²) in [5.41, 5.74) is 3.72. The van der Waals surface area contributed by atoms with Gasteiger partial charge in [0, 0.05) is 44.8 Å². The highest BCUT2D eigenvalue weighted by atomic mass is 127. The van der Waals surface area contributed by atoms with Gasteiger partial charge in [-0.25, -0.2) is 9.37 Å². The number of methoxy groups -OCH3 is 1. The molecule has 3 rings (SSSR count). The van der Waals surface area contributed by atoms with E-state index in [-0.39, 0.29) is 29.8 Å². The summed E-state index contributed by atoms with van der Waals surface area (Å²) in [5, 5.41) is 6.58. The number of aromatic nitrogens is 1. The van der Waals surface area contributed by atoms with Gasteiger partial charge in [0.1, 0.15) is 24.4 Å². The SMILES string of the molecule is CN=C(NCCc1coc(-c2ccc(F)cc2)n1)NCc1ccc(C)cc1OCCOC.I. The molecular weight excluding hydrogens is 538 g/mol. The molecule has 1 heterocycles. The monoisotopic (exact) mass is 568 g/mol. The fourth-order valence-electron chi connectivity index (χ4n) is 3.03. The van der Waals surface area contributed by atoms with Crippen LogP contribution in [-0.4, -0.2) is 44.9 Å². The van der Waals surface area contributed by atoms with Crippen molar-refractivity contribution in [2.24, 2.45) is 4.99 Å². The van der Waals surface area contributed by atoms with Crippen LogP contribution < -0.4 is 15.4 Å². The number of nitrogens with one attached hydrogen (secondary N) is 2. The fourth-order valence-corrected chi connectivity index (χ4v) is 3.03. The van der Waals surface area contributed by atoms with E-state index < -0.39 is 0 Å². The lowest BCUT2D eigenvalue weighted by molar-refractivity contribution is 0.145. The summed E-state index contributed by atoms with van der Waals surface area (Å²) in [5.74, 6) is 1.70. The minimum atomic E-state index is -0.289. The molecule has 0 bridgehead atoms. The fraction of sp³-hybridized carbons (Fsp3) is 0.333. The van der Waals surface area contributed by atoms with Gasteiger partial charge in [-0.05, 0) is 42.8 Å². The number of rotatable bonds is 10. The van der Waals surface area contributed by atoms with Gasteiger partial charge < -0.3 is 24.5 Å². The minimum Gasteiger partial charge on any atom is -0.491 e. The highest BCUT2D eigenvalue weighted by Gasteiger charge is 2.09. The van der Waals surface area contributed by atoms with Gasteiger partial charge in [-0.3, -0.25) is 4.99 Å². The summed E-state index contributed by atoms with van der Waals surface area (Å²) < 4.78 is 29.5. The molecule has 0 aliphatic rings. The number of aryl methyl sites for hydroxylation is 1. The Morgan fingerprint density at radius 3 is 2.64 bits per heavy atom. The first-order chi connectivity index (χ1) is 15.6. The van der Waals surface area contributed by atoms with E-state index in [4.69, 9.17) is 13.9 Å². The summed E-state index contributed by atoms with van der Waals surface area (Å²) in [6.07, 6.45) is 2.27. The molecule has 0 saturated heterocycles. The Kier molecular flexibility index (Phi) is 11.1. The topological polar surface area (TPSA) is 80.9 Å². The molecule has 0 unspecified atom stereocenters. The van der Waals surface area contributed by atoms with E-state index in [1.54, 1.807) is 32.6 Å². The summed E-state index contributed by atoms with van der Waals surface area (Å²) in [6.45, 7) is 4.26.